The minimum Gasteiger partial charge on any atom is -0.494 e. The standard InChI is InChI=1S/C19H20FNO2/c1-2-23-17-10-8-16(9-11-17)21-18(22)19(12-3-13-19)14-4-6-15(20)7-5-14/h4-11H,2-3,12-13H2,1H3,(H,21,22). The summed E-state index contributed by atoms with van der Waals surface area (Å²) in [5.41, 5.74) is 1.09. The Morgan fingerprint density at radius 3 is 2.30 bits per heavy atom. The molecule has 1 aliphatic rings. The molecular formula is C19H20FNO2. The Bertz CT molecular complexity index is 676. The van der Waals surface area contributed by atoms with Crippen molar-refractivity contribution < 1.29 is 13.9 Å². The second kappa shape index (κ2) is 6.41. The number of halogens is 1. The van der Waals surface area contributed by atoms with Crippen molar-refractivity contribution in [2.75, 3.05) is 11.9 Å². The van der Waals surface area contributed by atoms with E-state index in [1.165, 1.54) is 12.1 Å². The molecule has 1 aliphatic carbocycles. The third-order valence-corrected chi connectivity index (χ3v) is 4.46. The summed E-state index contributed by atoms with van der Waals surface area (Å²) in [6, 6.07) is 13.6. The lowest BCUT2D eigenvalue weighted by atomic mass is 9.64. The predicted octanol–water partition coefficient (Wildman–Crippen LogP) is 4.28. The molecule has 2 aromatic rings. The van der Waals surface area contributed by atoms with Gasteiger partial charge in [0.15, 0.2) is 0 Å². The molecule has 0 radical (unpaired) electrons. The summed E-state index contributed by atoms with van der Waals surface area (Å²) >= 11 is 0. The first kappa shape index (κ1) is 15.5. The number of rotatable bonds is 5. The van der Waals surface area contributed by atoms with E-state index in [1.54, 1.807) is 12.1 Å². The van der Waals surface area contributed by atoms with E-state index < -0.39 is 5.41 Å². The summed E-state index contributed by atoms with van der Waals surface area (Å²) in [4.78, 5) is 12.8. The van der Waals surface area contributed by atoms with Crippen LogP contribution >= 0.6 is 0 Å². The molecule has 120 valence electrons. The third-order valence-electron chi connectivity index (χ3n) is 4.46. The highest BCUT2D eigenvalue weighted by Crippen LogP contribution is 2.44. The molecule has 0 spiro atoms. The summed E-state index contributed by atoms with van der Waals surface area (Å²) < 4.78 is 18.5. The molecule has 2 aromatic carbocycles. The number of nitrogens with one attached hydrogen (secondary N) is 1. The molecule has 0 aliphatic heterocycles. The van der Waals surface area contributed by atoms with E-state index in [0.717, 1.165) is 36.3 Å². The van der Waals surface area contributed by atoms with Crippen molar-refractivity contribution in [2.45, 2.75) is 31.6 Å². The zero-order valence-corrected chi connectivity index (χ0v) is 13.1. The topological polar surface area (TPSA) is 38.3 Å². The molecule has 0 unspecified atom stereocenters. The first-order valence-electron chi connectivity index (χ1n) is 7.94. The van der Waals surface area contributed by atoms with Crippen LogP contribution in [0.25, 0.3) is 0 Å². The fraction of sp³-hybridized carbons (Fsp3) is 0.316. The molecule has 0 heterocycles. The fourth-order valence-electron chi connectivity index (χ4n) is 3.00. The lowest BCUT2D eigenvalue weighted by Crippen LogP contribution is -2.46. The lowest BCUT2D eigenvalue weighted by molar-refractivity contribution is -0.124. The van der Waals surface area contributed by atoms with Gasteiger partial charge in [0.05, 0.1) is 12.0 Å². The Morgan fingerprint density at radius 1 is 1.13 bits per heavy atom. The average molecular weight is 313 g/mol. The zero-order valence-electron chi connectivity index (χ0n) is 13.1. The van der Waals surface area contributed by atoms with Gasteiger partial charge in [-0.25, -0.2) is 4.39 Å². The summed E-state index contributed by atoms with van der Waals surface area (Å²) in [5, 5.41) is 2.98. The van der Waals surface area contributed by atoms with Crippen LogP contribution < -0.4 is 10.1 Å². The highest BCUT2D eigenvalue weighted by Gasteiger charge is 2.45. The fourth-order valence-corrected chi connectivity index (χ4v) is 3.00. The maximum Gasteiger partial charge on any atom is 0.235 e. The maximum atomic E-state index is 13.1. The van der Waals surface area contributed by atoms with Crippen molar-refractivity contribution in [2.24, 2.45) is 0 Å². The van der Waals surface area contributed by atoms with E-state index in [4.69, 9.17) is 4.74 Å². The molecule has 4 heteroatoms. The monoisotopic (exact) mass is 313 g/mol. The van der Waals surface area contributed by atoms with Crippen molar-refractivity contribution >= 4 is 11.6 Å². The second-order valence-corrected chi connectivity index (χ2v) is 5.85. The van der Waals surface area contributed by atoms with Crippen molar-refractivity contribution in [1.82, 2.24) is 0 Å². The quantitative estimate of drug-likeness (QED) is 0.894. The van der Waals surface area contributed by atoms with Crippen LogP contribution in [0.1, 0.15) is 31.7 Å². The van der Waals surface area contributed by atoms with E-state index >= 15 is 0 Å². The van der Waals surface area contributed by atoms with Crippen LogP contribution in [-0.4, -0.2) is 12.5 Å². The SMILES string of the molecule is CCOc1ccc(NC(=O)C2(c3ccc(F)cc3)CCC2)cc1. The third kappa shape index (κ3) is 3.07. The molecule has 1 N–H and O–H groups in total. The molecule has 1 amide bonds. The Labute approximate surface area is 135 Å². The van der Waals surface area contributed by atoms with Crippen LogP contribution in [0, 0.1) is 5.82 Å². The number of anilines is 1. The van der Waals surface area contributed by atoms with Gasteiger partial charge in [-0.2, -0.15) is 0 Å². The number of benzene rings is 2. The van der Waals surface area contributed by atoms with Gasteiger partial charge in [0.25, 0.3) is 0 Å². The number of carbonyl (C=O) groups is 1. The van der Waals surface area contributed by atoms with Gasteiger partial charge in [-0.15, -0.1) is 0 Å². The van der Waals surface area contributed by atoms with Gasteiger partial charge in [0.2, 0.25) is 5.91 Å². The van der Waals surface area contributed by atoms with Crippen molar-refractivity contribution in [3.63, 3.8) is 0 Å². The van der Waals surface area contributed by atoms with Gasteiger partial charge < -0.3 is 10.1 Å². The van der Waals surface area contributed by atoms with Gasteiger partial charge in [-0.05, 0) is 61.7 Å². The summed E-state index contributed by atoms with van der Waals surface area (Å²) in [6.07, 6.45) is 2.59. The van der Waals surface area contributed by atoms with Gasteiger partial charge in [-0.1, -0.05) is 18.6 Å². The summed E-state index contributed by atoms with van der Waals surface area (Å²) in [5.74, 6) is 0.469. The molecule has 1 fully saturated rings. The molecule has 0 bridgehead atoms. The molecular weight excluding hydrogens is 293 g/mol. The molecule has 3 nitrogen and oxygen atoms in total. The number of hydrogen-bond donors (Lipinski definition) is 1. The van der Waals surface area contributed by atoms with Crippen molar-refractivity contribution in [3.05, 3.63) is 59.9 Å². The summed E-state index contributed by atoms with van der Waals surface area (Å²) in [7, 11) is 0. The number of amides is 1. The molecule has 0 saturated heterocycles. The Morgan fingerprint density at radius 2 is 1.78 bits per heavy atom. The Hall–Kier alpha value is -2.36. The Balaban J connectivity index is 1.76. The van der Waals surface area contributed by atoms with Gasteiger partial charge in [0.1, 0.15) is 11.6 Å². The van der Waals surface area contributed by atoms with Crippen molar-refractivity contribution in [1.29, 1.82) is 0 Å². The van der Waals surface area contributed by atoms with Crippen LogP contribution in [0.15, 0.2) is 48.5 Å². The minimum atomic E-state index is -0.535. The van der Waals surface area contributed by atoms with E-state index in [0.29, 0.717) is 6.61 Å². The zero-order chi connectivity index (χ0) is 16.3. The van der Waals surface area contributed by atoms with E-state index in [2.05, 4.69) is 5.32 Å². The Kier molecular flexibility index (Phi) is 4.33. The normalized spacial score (nSPS) is 15.6. The smallest absolute Gasteiger partial charge is 0.235 e. The number of ether oxygens (including phenoxy) is 1. The molecule has 23 heavy (non-hydrogen) atoms. The lowest BCUT2D eigenvalue weighted by Gasteiger charge is -2.40. The van der Waals surface area contributed by atoms with Crippen LogP contribution in [0.5, 0.6) is 5.75 Å². The van der Waals surface area contributed by atoms with Crippen LogP contribution in [0.3, 0.4) is 0 Å². The predicted molar refractivity (Wildman–Crippen MR) is 88.2 cm³/mol. The second-order valence-electron chi connectivity index (χ2n) is 5.85. The van der Waals surface area contributed by atoms with E-state index in [9.17, 15) is 9.18 Å². The van der Waals surface area contributed by atoms with Gasteiger partial charge in [0, 0.05) is 5.69 Å². The highest BCUT2D eigenvalue weighted by atomic mass is 19.1. The van der Waals surface area contributed by atoms with Crippen LogP contribution in [0.2, 0.25) is 0 Å². The van der Waals surface area contributed by atoms with Crippen molar-refractivity contribution in [3.8, 4) is 5.75 Å². The first-order valence-corrected chi connectivity index (χ1v) is 7.94. The van der Waals surface area contributed by atoms with E-state index in [-0.39, 0.29) is 11.7 Å². The van der Waals surface area contributed by atoms with Crippen LogP contribution in [-0.2, 0) is 10.2 Å². The largest absolute Gasteiger partial charge is 0.494 e. The maximum absolute atomic E-state index is 13.1. The van der Waals surface area contributed by atoms with Gasteiger partial charge in [-0.3, -0.25) is 4.79 Å². The van der Waals surface area contributed by atoms with Crippen LogP contribution in [0.4, 0.5) is 10.1 Å². The highest BCUT2D eigenvalue weighted by molar-refractivity contribution is 5.99. The average Bonchev–Trinajstić information content (AvgIpc) is 2.50. The number of hydrogen-bond acceptors (Lipinski definition) is 2. The molecule has 1 saturated carbocycles. The summed E-state index contributed by atoms with van der Waals surface area (Å²) in [6.45, 7) is 2.54. The van der Waals surface area contributed by atoms with E-state index in [1.807, 2.05) is 31.2 Å². The van der Waals surface area contributed by atoms with Gasteiger partial charge >= 0.3 is 0 Å². The first-order chi connectivity index (χ1) is 11.1. The number of carbonyl (C=O) groups excluding carboxylic acids is 1. The minimum absolute atomic E-state index is 0.0282. The molecule has 3 rings (SSSR count). The molecule has 0 aromatic heterocycles. The molecule has 0 atom stereocenters.